The van der Waals surface area contributed by atoms with Crippen LogP contribution >= 0.6 is 11.6 Å². The van der Waals surface area contributed by atoms with Gasteiger partial charge in [-0.1, -0.05) is 29.7 Å². The first-order valence-corrected chi connectivity index (χ1v) is 12.2. The number of fused-ring (bicyclic) bond motifs is 1. The number of halogens is 1. The lowest BCUT2D eigenvalue weighted by atomic mass is 10.2. The van der Waals surface area contributed by atoms with Gasteiger partial charge in [0.15, 0.2) is 0 Å². The van der Waals surface area contributed by atoms with Crippen LogP contribution in [-0.4, -0.2) is 39.3 Å². The molecule has 2 aromatic carbocycles. The van der Waals surface area contributed by atoms with Crippen LogP contribution in [0, 0.1) is 11.8 Å². The Morgan fingerprint density at radius 2 is 2.03 bits per heavy atom. The number of hydrogen-bond acceptors (Lipinski definition) is 9. The Morgan fingerprint density at radius 1 is 1.18 bits per heavy atom. The van der Waals surface area contributed by atoms with E-state index in [0.29, 0.717) is 51.1 Å². The van der Waals surface area contributed by atoms with Crippen molar-refractivity contribution in [3.05, 3.63) is 87.5 Å². The van der Waals surface area contributed by atoms with Gasteiger partial charge in [0.05, 0.1) is 27.7 Å². The van der Waals surface area contributed by atoms with Crippen LogP contribution in [-0.2, 0) is 0 Å². The Balaban J connectivity index is 1.63. The van der Waals surface area contributed by atoms with E-state index < -0.39 is 6.04 Å². The summed E-state index contributed by atoms with van der Waals surface area (Å²) in [4.78, 5) is 31.4. The number of allylic oxidation sites excluding steroid dienone is 1. The second-order valence-electron chi connectivity index (χ2n) is 8.39. The number of nitrogens with zero attached hydrogens (tertiary/aromatic N) is 5. The van der Waals surface area contributed by atoms with E-state index in [9.17, 15) is 4.79 Å². The molecule has 0 saturated heterocycles. The van der Waals surface area contributed by atoms with Gasteiger partial charge in [-0.05, 0) is 43.2 Å². The minimum absolute atomic E-state index is 0.216. The average Bonchev–Trinajstić information content (AvgIpc) is 2.93. The van der Waals surface area contributed by atoms with Crippen molar-refractivity contribution in [1.82, 2.24) is 24.8 Å². The zero-order valence-corrected chi connectivity index (χ0v) is 21.4. The van der Waals surface area contributed by atoms with Gasteiger partial charge in [0.25, 0.3) is 5.56 Å². The number of aromatic nitrogens is 4. The third-order valence-corrected chi connectivity index (χ3v) is 6.19. The molecule has 10 nitrogen and oxygen atoms in total. The van der Waals surface area contributed by atoms with Crippen LogP contribution in [0.1, 0.15) is 24.4 Å². The predicted octanol–water partition coefficient (Wildman–Crippen LogP) is 3.49. The minimum atomic E-state index is -0.493. The van der Waals surface area contributed by atoms with E-state index in [1.54, 1.807) is 35.2 Å². The van der Waals surface area contributed by atoms with Gasteiger partial charge in [-0.2, -0.15) is 0 Å². The van der Waals surface area contributed by atoms with Crippen LogP contribution < -0.4 is 27.2 Å². The summed E-state index contributed by atoms with van der Waals surface area (Å²) in [5.41, 5.74) is 8.82. The number of rotatable bonds is 5. The zero-order valence-electron chi connectivity index (χ0n) is 20.7. The van der Waals surface area contributed by atoms with Crippen LogP contribution in [0.25, 0.3) is 16.6 Å². The van der Waals surface area contributed by atoms with E-state index in [0.717, 1.165) is 5.69 Å². The number of aliphatic imine (C=N–C) groups is 1. The summed E-state index contributed by atoms with van der Waals surface area (Å²) in [6, 6.07) is 12.2. The zero-order chi connectivity index (χ0) is 26.6. The normalized spacial score (nSPS) is 13.2. The Kier molecular flexibility index (Phi) is 6.93. The molecule has 38 heavy (non-hydrogen) atoms. The highest BCUT2D eigenvalue weighted by Gasteiger charge is 2.21. The molecule has 0 fully saturated rings. The van der Waals surface area contributed by atoms with Gasteiger partial charge in [-0.25, -0.2) is 19.9 Å². The van der Waals surface area contributed by atoms with Gasteiger partial charge in [0, 0.05) is 31.7 Å². The van der Waals surface area contributed by atoms with Crippen LogP contribution in [0.2, 0.25) is 5.02 Å². The smallest absolute Gasteiger partial charge is 0.267 e. The highest BCUT2D eigenvalue weighted by atomic mass is 35.5. The lowest BCUT2D eigenvalue weighted by Crippen LogP contribution is -2.28. The Morgan fingerprint density at radius 3 is 2.82 bits per heavy atom. The monoisotopic (exact) mass is 525 g/mol. The van der Waals surface area contributed by atoms with Gasteiger partial charge in [-0.3, -0.25) is 9.36 Å². The molecule has 3 heterocycles. The number of anilines is 3. The van der Waals surface area contributed by atoms with Crippen LogP contribution in [0.15, 0.2) is 70.5 Å². The molecule has 0 bridgehead atoms. The molecule has 5 N–H and O–H groups in total. The van der Waals surface area contributed by atoms with Crippen LogP contribution in [0.5, 0.6) is 0 Å². The predicted molar refractivity (Wildman–Crippen MR) is 152 cm³/mol. The molecular formula is C27H24ClN9O. The fourth-order valence-corrected chi connectivity index (χ4v) is 4.28. The molecule has 2 aromatic heterocycles. The maximum absolute atomic E-state index is 13.8. The van der Waals surface area contributed by atoms with E-state index in [1.807, 2.05) is 38.2 Å². The molecule has 5 rings (SSSR count). The van der Waals surface area contributed by atoms with Gasteiger partial charge < -0.3 is 21.7 Å². The molecule has 0 amide bonds. The summed E-state index contributed by atoms with van der Waals surface area (Å²) in [5.74, 6) is 7.08. The summed E-state index contributed by atoms with van der Waals surface area (Å²) < 4.78 is 1.55. The molecule has 4 aromatic rings. The Bertz CT molecular complexity index is 1720. The Hall–Kier alpha value is -4.88. The number of nitrogens with one attached hydrogen (secondary N) is 3. The fourth-order valence-electron chi connectivity index (χ4n) is 4.03. The van der Waals surface area contributed by atoms with Crippen molar-refractivity contribution < 1.29 is 0 Å². The lowest BCUT2D eigenvalue weighted by Gasteiger charge is -2.21. The highest BCUT2D eigenvalue weighted by Crippen LogP contribution is 2.26. The van der Waals surface area contributed by atoms with Crippen molar-refractivity contribution >= 4 is 46.0 Å². The molecular weight excluding hydrogens is 502 g/mol. The maximum atomic E-state index is 13.8. The largest absolute Gasteiger partial charge is 0.388 e. The molecule has 0 aliphatic carbocycles. The molecule has 1 atom stereocenters. The summed E-state index contributed by atoms with van der Waals surface area (Å²) in [5, 5.41) is 10.2. The topological polar surface area (TPSA) is 135 Å². The van der Waals surface area contributed by atoms with Crippen molar-refractivity contribution in [3.63, 3.8) is 0 Å². The highest BCUT2D eigenvalue weighted by molar-refractivity contribution is 6.35. The van der Waals surface area contributed by atoms with Gasteiger partial charge in [0.1, 0.15) is 35.0 Å². The average molecular weight is 526 g/mol. The summed E-state index contributed by atoms with van der Waals surface area (Å²) in [7, 11) is 1.81. The maximum Gasteiger partial charge on any atom is 0.267 e. The SMILES string of the molecule is CNc1cccc(-n2c(C(C)Nc3ncnc(N)c3C#CC3=CNCC=N3)nc3cccc(Cl)c3c2=O)c1. The number of nitrogens with two attached hydrogens (primary N) is 1. The minimum Gasteiger partial charge on any atom is -0.388 e. The molecule has 1 aliphatic rings. The molecule has 0 radical (unpaired) electrons. The van der Waals surface area contributed by atoms with Crippen LogP contribution in [0.4, 0.5) is 17.3 Å². The Labute approximate surface area is 223 Å². The van der Waals surface area contributed by atoms with Gasteiger partial charge in [0.2, 0.25) is 0 Å². The molecule has 0 saturated carbocycles. The van der Waals surface area contributed by atoms with Crippen molar-refractivity contribution in [1.29, 1.82) is 0 Å². The number of hydrogen-bond donors (Lipinski definition) is 4. The van der Waals surface area contributed by atoms with Gasteiger partial charge in [-0.15, -0.1) is 0 Å². The fraction of sp³-hybridized carbons (Fsp3) is 0.148. The van der Waals surface area contributed by atoms with Gasteiger partial charge >= 0.3 is 0 Å². The molecule has 1 aliphatic heterocycles. The first-order chi connectivity index (χ1) is 18.5. The first-order valence-electron chi connectivity index (χ1n) is 11.8. The quantitative estimate of drug-likeness (QED) is 0.291. The first kappa shape index (κ1) is 24.8. The van der Waals surface area contributed by atoms with Crippen molar-refractivity contribution in [2.24, 2.45) is 4.99 Å². The molecule has 11 heteroatoms. The molecule has 1 unspecified atom stereocenters. The second-order valence-corrected chi connectivity index (χ2v) is 8.80. The summed E-state index contributed by atoms with van der Waals surface area (Å²) in [6.07, 6.45) is 4.81. The van der Waals surface area contributed by atoms with E-state index in [1.165, 1.54) is 6.33 Å². The van der Waals surface area contributed by atoms with Crippen molar-refractivity contribution in [3.8, 4) is 17.5 Å². The summed E-state index contributed by atoms with van der Waals surface area (Å²) >= 11 is 6.43. The van der Waals surface area contributed by atoms with E-state index >= 15 is 0 Å². The van der Waals surface area contributed by atoms with Crippen LogP contribution in [0.3, 0.4) is 0 Å². The van der Waals surface area contributed by atoms with E-state index in [2.05, 4.69) is 42.8 Å². The van der Waals surface area contributed by atoms with E-state index in [4.69, 9.17) is 22.3 Å². The van der Waals surface area contributed by atoms with E-state index in [-0.39, 0.29) is 11.4 Å². The third kappa shape index (κ3) is 4.87. The lowest BCUT2D eigenvalue weighted by molar-refractivity contribution is 0.730. The standard InChI is InChI=1S/C27H24ClN9O/c1-16(35-25-20(24(29)33-15-34-25)10-9-18-14-31-11-12-32-18)26-36-22-8-4-7-21(28)23(22)27(38)37(26)19-6-3-5-17(13-19)30-2/h3-8,12-16,30-31H,11H2,1-2H3,(H3,29,33,34,35). The van der Waals surface area contributed by atoms with Crippen molar-refractivity contribution in [2.45, 2.75) is 13.0 Å². The molecule has 190 valence electrons. The summed E-state index contributed by atoms with van der Waals surface area (Å²) in [6.45, 7) is 2.53. The number of nitrogen functional groups attached to an aromatic ring is 1. The second kappa shape index (κ2) is 10.6. The van der Waals surface area contributed by atoms with Crippen molar-refractivity contribution in [2.75, 3.05) is 30.0 Å². The third-order valence-electron chi connectivity index (χ3n) is 5.88. The molecule has 0 spiro atoms. The number of benzene rings is 2.